The Morgan fingerprint density at radius 2 is 1.98 bits per heavy atom. The summed E-state index contributed by atoms with van der Waals surface area (Å²) >= 11 is 3.34. The fraction of sp³-hybridized carbons (Fsp3) is 0.259. The molecule has 41 heavy (non-hydrogen) atoms. The molecule has 0 bridgehead atoms. The number of carbonyl (C=O) groups excluding carboxylic acids is 1. The maximum Gasteiger partial charge on any atom is 0.293 e. The number of H-pyrrole nitrogens is 1. The lowest BCUT2D eigenvalue weighted by atomic mass is 9.97. The van der Waals surface area contributed by atoms with E-state index in [-0.39, 0.29) is 17.0 Å². The maximum atomic E-state index is 13.2. The highest BCUT2D eigenvalue weighted by Crippen LogP contribution is 2.31. The fourth-order valence-corrected chi connectivity index (χ4v) is 5.93. The minimum atomic E-state index is -4.46. The standard InChI is InChI=1S/C27H27BrN6O6S/c1-33-10-7-17(8-11-33)15-30-23-5-3-21(14-24(23)34(36)37)41(38,39)32-27(35)22-4-2-19(28)13-25(22)40-20-12-18-6-9-29-26(18)31-16-20/h2-6,9,12-14,16-17,30H,7-8,10-11,15H2,1H3,(H,29,31)(H,32,35). The second-order valence-corrected chi connectivity index (χ2v) is 12.4. The first-order valence-electron chi connectivity index (χ1n) is 12.8. The van der Waals surface area contributed by atoms with E-state index in [1.807, 2.05) is 10.8 Å². The second kappa shape index (κ2) is 11.8. The highest BCUT2D eigenvalue weighted by Gasteiger charge is 2.26. The van der Waals surface area contributed by atoms with Crippen LogP contribution in [0, 0.1) is 16.0 Å². The van der Waals surface area contributed by atoms with Gasteiger partial charge in [-0.1, -0.05) is 15.9 Å². The zero-order valence-electron chi connectivity index (χ0n) is 22.0. The number of rotatable bonds is 9. The molecule has 2 aromatic carbocycles. The molecule has 2 aromatic heterocycles. The van der Waals surface area contributed by atoms with Gasteiger partial charge in [-0.25, -0.2) is 18.1 Å². The van der Waals surface area contributed by atoms with Gasteiger partial charge in [0, 0.05) is 28.7 Å². The Hall–Kier alpha value is -4.01. The first kappa shape index (κ1) is 28.5. The van der Waals surface area contributed by atoms with Gasteiger partial charge in [-0.15, -0.1) is 0 Å². The summed E-state index contributed by atoms with van der Waals surface area (Å²) in [5.41, 5.74) is 0.425. The topological polar surface area (TPSA) is 160 Å². The van der Waals surface area contributed by atoms with Crippen LogP contribution >= 0.6 is 15.9 Å². The number of aromatic amines is 1. The van der Waals surface area contributed by atoms with Gasteiger partial charge in [0.15, 0.2) is 0 Å². The summed E-state index contributed by atoms with van der Waals surface area (Å²) in [5, 5.41) is 15.7. The molecule has 1 aliphatic rings. The van der Waals surface area contributed by atoms with Gasteiger partial charge in [0.25, 0.3) is 21.6 Å². The molecule has 14 heteroatoms. The van der Waals surface area contributed by atoms with Crippen molar-refractivity contribution in [3.63, 3.8) is 0 Å². The molecule has 214 valence electrons. The number of hydrogen-bond donors (Lipinski definition) is 3. The number of nitro benzene ring substituents is 1. The first-order valence-corrected chi connectivity index (χ1v) is 15.1. The number of benzene rings is 2. The lowest BCUT2D eigenvalue weighted by Crippen LogP contribution is -2.33. The van der Waals surface area contributed by atoms with Gasteiger partial charge in [-0.05, 0) is 81.4 Å². The van der Waals surface area contributed by atoms with E-state index in [9.17, 15) is 23.3 Å². The van der Waals surface area contributed by atoms with Crippen LogP contribution in [0.4, 0.5) is 11.4 Å². The fourth-order valence-electron chi connectivity index (χ4n) is 4.61. The number of ether oxygens (including phenoxy) is 1. The Bertz CT molecular complexity index is 1720. The summed E-state index contributed by atoms with van der Waals surface area (Å²) in [6.07, 6.45) is 5.13. The molecule has 1 amide bonds. The van der Waals surface area contributed by atoms with E-state index in [4.69, 9.17) is 4.74 Å². The number of nitro groups is 1. The number of sulfonamides is 1. The number of anilines is 1. The number of fused-ring (bicyclic) bond motifs is 1. The number of likely N-dealkylation sites (tertiary alicyclic amines) is 1. The summed E-state index contributed by atoms with van der Waals surface area (Å²) in [6.45, 7) is 2.45. The molecular formula is C27H27BrN6O6S. The zero-order valence-corrected chi connectivity index (χ0v) is 24.4. The number of aromatic nitrogens is 2. The molecule has 0 saturated carbocycles. The molecular weight excluding hydrogens is 616 g/mol. The summed E-state index contributed by atoms with van der Waals surface area (Å²) in [6, 6.07) is 11.6. The van der Waals surface area contributed by atoms with Crippen molar-refractivity contribution in [2.24, 2.45) is 5.92 Å². The van der Waals surface area contributed by atoms with Crippen LogP contribution in [-0.4, -0.2) is 60.8 Å². The summed E-state index contributed by atoms with van der Waals surface area (Å²) in [7, 11) is -2.41. The van der Waals surface area contributed by atoms with Crippen molar-refractivity contribution in [1.82, 2.24) is 19.6 Å². The molecule has 1 saturated heterocycles. The maximum absolute atomic E-state index is 13.2. The molecule has 0 radical (unpaired) electrons. The predicted molar refractivity (Wildman–Crippen MR) is 157 cm³/mol. The molecule has 1 aliphatic heterocycles. The van der Waals surface area contributed by atoms with Crippen molar-refractivity contribution in [3.8, 4) is 11.5 Å². The van der Waals surface area contributed by atoms with Gasteiger partial charge >= 0.3 is 0 Å². The molecule has 12 nitrogen and oxygen atoms in total. The Labute approximate surface area is 244 Å². The molecule has 3 heterocycles. The third kappa shape index (κ3) is 6.66. The summed E-state index contributed by atoms with van der Waals surface area (Å²) in [5.74, 6) is -0.180. The molecule has 0 aliphatic carbocycles. The average molecular weight is 644 g/mol. The SMILES string of the molecule is CN1CCC(CNc2ccc(S(=O)(=O)NC(=O)c3ccc(Br)cc3Oc3cnc4[nH]ccc4c3)cc2[N+](=O)[O-])CC1. The van der Waals surface area contributed by atoms with Crippen molar-refractivity contribution in [3.05, 3.63) is 81.1 Å². The van der Waals surface area contributed by atoms with Crippen LogP contribution in [0.2, 0.25) is 0 Å². The Balaban J connectivity index is 1.34. The minimum Gasteiger partial charge on any atom is -0.455 e. The molecule has 3 N–H and O–H groups in total. The van der Waals surface area contributed by atoms with E-state index in [0.717, 1.165) is 37.4 Å². The molecule has 1 fully saturated rings. The Kier molecular flexibility index (Phi) is 8.24. The monoisotopic (exact) mass is 642 g/mol. The van der Waals surface area contributed by atoms with Gasteiger partial charge in [0.05, 0.1) is 21.6 Å². The molecule has 0 unspecified atom stereocenters. The number of carbonyl (C=O) groups is 1. The number of hydrogen-bond acceptors (Lipinski definition) is 9. The van der Waals surface area contributed by atoms with E-state index in [1.165, 1.54) is 30.5 Å². The van der Waals surface area contributed by atoms with E-state index < -0.39 is 31.4 Å². The number of pyridine rings is 1. The molecule has 0 spiro atoms. The van der Waals surface area contributed by atoms with Crippen molar-refractivity contribution in [2.75, 3.05) is 32.0 Å². The lowest BCUT2D eigenvalue weighted by Gasteiger charge is -2.29. The minimum absolute atomic E-state index is 0.0585. The van der Waals surface area contributed by atoms with Crippen LogP contribution in [0.1, 0.15) is 23.2 Å². The highest BCUT2D eigenvalue weighted by molar-refractivity contribution is 9.10. The lowest BCUT2D eigenvalue weighted by molar-refractivity contribution is -0.384. The first-order chi connectivity index (χ1) is 19.6. The van der Waals surface area contributed by atoms with E-state index in [2.05, 4.69) is 43.2 Å². The van der Waals surface area contributed by atoms with Crippen LogP contribution in [0.5, 0.6) is 11.5 Å². The van der Waals surface area contributed by atoms with E-state index in [1.54, 1.807) is 18.3 Å². The van der Waals surface area contributed by atoms with Gasteiger partial charge in [-0.3, -0.25) is 14.9 Å². The quantitative estimate of drug-likeness (QED) is 0.170. The molecule has 5 rings (SSSR count). The Morgan fingerprint density at radius 3 is 2.73 bits per heavy atom. The van der Waals surface area contributed by atoms with Gasteiger partial charge in [0.1, 0.15) is 22.8 Å². The normalized spacial score (nSPS) is 14.6. The summed E-state index contributed by atoms with van der Waals surface area (Å²) < 4.78 is 34.8. The number of nitrogens with zero attached hydrogens (tertiary/aromatic N) is 3. The number of piperidine rings is 1. The van der Waals surface area contributed by atoms with Crippen molar-refractivity contribution >= 4 is 54.3 Å². The molecule has 4 aromatic rings. The van der Waals surface area contributed by atoms with Crippen LogP contribution in [0.15, 0.2) is 70.3 Å². The third-order valence-corrected chi connectivity index (χ3v) is 8.74. The summed E-state index contributed by atoms with van der Waals surface area (Å²) in [4.78, 5) is 33.4. The van der Waals surface area contributed by atoms with Crippen molar-refractivity contribution in [1.29, 1.82) is 0 Å². The number of nitrogens with one attached hydrogen (secondary N) is 3. The van der Waals surface area contributed by atoms with Crippen LogP contribution < -0.4 is 14.8 Å². The Morgan fingerprint density at radius 1 is 1.20 bits per heavy atom. The van der Waals surface area contributed by atoms with Crippen LogP contribution in [0.3, 0.4) is 0 Å². The van der Waals surface area contributed by atoms with Gasteiger partial charge in [-0.2, -0.15) is 0 Å². The van der Waals surface area contributed by atoms with E-state index >= 15 is 0 Å². The largest absolute Gasteiger partial charge is 0.455 e. The number of amides is 1. The van der Waals surface area contributed by atoms with Crippen LogP contribution in [-0.2, 0) is 10.0 Å². The van der Waals surface area contributed by atoms with Crippen molar-refractivity contribution in [2.45, 2.75) is 17.7 Å². The smallest absolute Gasteiger partial charge is 0.293 e. The van der Waals surface area contributed by atoms with E-state index in [0.29, 0.717) is 28.3 Å². The van der Waals surface area contributed by atoms with Crippen molar-refractivity contribution < 1.29 is 22.9 Å². The molecule has 0 atom stereocenters. The zero-order chi connectivity index (χ0) is 29.1. The highest BCUT2D eigenvalue weighted by atomic mass is 79.9. The van der Waals surface area contributed by atoms with Gasteiger partial charge in [0.2, 0.25) is 0 Å². The number of halogens is 1. The predicted octanol–water partition coefficient (Wildman–Crippen LogP) is 4.90. The van der Waals surface area contributed by atoms with Gasteiger partial charge < -0.3 is 19.9 Å². The van der Waals surface area contributed by atoms with Crippen LogP contribution in [0.25, 0.3) is 11.0 Å². The average Bonchev–Trinajstić information content (AvgIpc) is 3.40. The third-order valence-electron chi connectivity index (χ3n) is 6.91. The second-order valence-electron chi connectivity index (χ2n) is 9.83.